The minimum atomic E-state index is -0.574. The predicted molar refractivity (Wildman–Crippen MR) is 97.2 cm³/mol. The molecule has 5 nitrogen and oxygen atoms in total. The molecule has 0 amide bonds. The number of rotatable bonds is 4. The molecule has 0 bridgehead atoms. The molecule has 3 aromatic rings. The molecule has 128 valence electrons. The summed E-state index contributed by atoms with van der Waals surface area (Å²) in [6.07, 6.45) is 0.916. The lowest BCUT2D eigenvalue weighted by Crippen LogP contribution is -2.28. The van der Waals surface area contributed by atoms with Gasteiger partial charge in [-0.25, -0.2) is 9.48 Å². The highest BCUT2D eigenvalue weighted by molar-refractivity contribution is 6.02. The summed E-state index contributed by atoms with van der Waals surface area (Å²) in [7, 11) is 0. The fourth-order valence-electron chi connectivity index (χ4n) is 2.66. The molecule has 0 aliphatic rings. The van der Waals surface area contributed by atoms with Crippen molar-refractivity contribution in [3.63, 3.8) is 0 Å². The van der Waals surface area contributed by atoms with E-state index < -0.39 is 5.97 Å². The molecular formula is C20H20N2O3. The smallest absolute Gasteiger partial charge is 0.364 e. The van der Waals surface area contributed by atoms with Gasteiger partial charge in [0.1, 0.15) is 5.75 Å². The van der Waals surface area contributed by atoms with Crippen molar-refractivity contribution in [3.05, 3.63) is 70.1 Å². The average molecular weight is 336 g/mol. The van der Waals surface area contributed by atoms with E-state index in [2.05, 4.69) is 12.0 Å². The van der Waals surface area contributed by atoms with E-state index in [1.165, 1.54) is 4.68 Å². The van der Waals surface area contributed by atoms with E-state index in [1.54, 1.807) is 36.4 Å². The molecule has 0 aliphatic carbocycles. The van der Waals surface area contributed by atoms with Crippen molar-refractivity contribution in [2.24, 2.45) is 0 Å². The van der Waals surface area contributed by atoms with Crippen LogP contribution in [0.4, 0.5) is 0 Å². The number of benzene rings is 2. The Morgan fingerprint density at radius 3 is 2.32 bits per heavy atom. The molecular weight excluding hydrogens is 316 g/mol. The minimum Gasteiger partial charge on any atom is -0.422 e. The van der Waals surface area contributed by atoms with Crippen LogP contribution in [0.5, 0.6) is 5.75 Å². The number of hydrogen-bond acceptors (Lipinski definition) is 4. The van der Waals surface area contributed by atoms with Gasteiger partial charge in [0.15, 0.2) is 5.69 Å². The molecule has 0 unspecified atom stereocenters. The van der Waals surface area contributed by atoms with E-state index in [4.69, 9.17) is 4.74 Å². The van der Waals surface area contributed by atoms with E-state index >= 15 is 0 Å². The van der Waals surface area contributed by atoms with Crippen LogP contribution < -0.4 is 10.3 Å². The van der Waals surface area contributed by atoms with E-state index in [0.29, 0.717) is 16.5 Å². The first-order valence-corrected chi connectivity index (χ1v) is 8.34. The van der Waals surface area contributed by atoms with Crippen LogP contribution in [0.15, 0.2) is 53.3 Å². The molecule has 0 N–H and O–H groups in total. The van der Waals surface area contributed by atoms with E-state index in [1.807, 2.05) is 26.0 Å². The second-order valence-corrected chi connectivity index (χ2v) is 6.12. The fourth-order valence-corrected chi connectivity index (χ4v) is 2.66. The molecule has 0 fully saturated rings. The number of fused-ring (bicyclic) bond motifs is 1. The van der Waals surface area contributed by atoms with Crippen molar-refractivity contribution in [1.29, 1.82) is 0 Å². The van der Waals surface area contributed by atoms with Gasteiger partial charge in [0.05, 0.1) is 11.4 Å². The molecule has 0 aliphatic heterocycles. The second-order valence-electron chi connectivity index (χ2n) is 6.12. The molecule has 0 saturated heterocycles. The van der Waals surface area contributed by atoms with E-state index in [-0.39, 0.29) is 17.3 Å². The van der Waals surface area contributed by atoms with Gasteiger partial charge in [-0.15, -0.1) is 0 Å². The summed E-state index contributed by atoms with van der Waals surface area (Å²) in [5.41, 5.74) is 1.09. The van der Waals surface area contributed by atoms with Crippen molar-refractivity contribution in [2.45, 2.75) is 33.2 Å². The minimum absolute atomic E-state index is 0.142. The van der Waals surface area contributed by atoms with Crippen molar-refractivity contribution in [3.8, 4) is 5.75 Å². The zero-order valence-electron chi connectivity index (χ0n) is 14.5. The molecule has 2 aromatic carbocycles. The van der Waals surface area contributed by atoms with Crippen LogP contribution in [-0.4, -0.2) is 15.7 Å². The molecule has 0 radical (unpaired) electrons. The number of aromatic nitrogens is 2. The highest BCUT2D eigenvalue weighted by atomic mass is 16.5. The van der Waals surface area contributed by atoms with Gasteiger partial charge in [0.25, 0.3) is 5.56 Å². The third-order valence-electron chi connectivity index (χ3n) is 4.05. The van der Waals surface area contributed by atoms with Crippen molar-refractivity contribution in [2.75, 3.05) is 0 Å². The molecule has 3 rings (SSSR count). The number of carbonyl (C=O) groups is 1. The van der Waals surface area contributed by atoms with Crippen LogP contribution in [0.1, 0.15) is 42.9 Å². The molecule has 1 aromatic heterocycles. The number of nitrogens with zero attached hydrogens (tertiary/aromatic N) is 2. The van der Waals surface area contributed by atoms with Crippen molar-refractivity contribution in [1.82, 2.24) is 9.78 Å². The lowest BCUT2D eigenvalue weighted by molar-refractivity contribution is 0.0727. The fraction of sp³-hybridized carbons (Fsp3) is 0.250. The molecule has 1 heterocycles. The Kier molecular flexibility index (Phi) is 4.65. The second kappa shape index (κ2) is 6.89. The number of esters is 1. The first kappa shape index (κ1) is 16.9. The standard InChI is InChI=1S/C20H20N2O3/c1-4-14-9-11-15(12-10-14)25-20(24)18-16-7-5-6-8-17(16)19(23)22(21-18)13(2)3/h5-13H,4H2,1-3H3. The quantitative estimate of drug-likeness (QED) is 0.538. The van der Waals surface area contributed by atoms with Gasteiger partial charge in [-0.3, -0.25) is 4.79 Å². The number of carbonyl (C=O) groups excluding carboxylic acids is 1. The number of hydrogen-bond donors (Lipinski definition) is 0. The Balaban J connectivity index is 2.05. The highest BCUT2D eigenvalue weighted by Gasteiger charge is 2.19. The maximum atomic E-state index is 12.7. The van der Waals surface area contributed by atoms with Gasteiger partial charge in [0, 0.05) is 5.39 Å². The van der Waals surface area contributed by atoms with Crippen LogP contribution in [0, 0.1) is 0 Å². The topological polar surface area (TPSA) is 61.2 Å². The first-order valence-electron chi connectivity index (χ1n) is 8.34. The summed E-state index contributed by atoms with van der Waals surface area (Å²) in [5.74, 6) is -0.120. The van der Waals surface area contributed by atoms with Gasteiger partial charge in [-0.1, -0.05) is 37.3 Å². The SMILES string of the molecule is CCc1ccc(OC(=O)c2nn(C(C)C)c(=O)c3ccccc23)cc1. The lowest BCUT2D eigenvalue weighted by Gasteiger charge is -2.13. The Hall–Kier alpha value is -2.95. The van der Waals surface area contributed by atoms with E-state index in [9.17, 15) is 9.59 Å². The summed E-state index contributed by atoms with van der Waals surface area (Å²) < 4.78 is 6.78. The normalized spacial score (nSPS) is 11.0. The summed E-state index contributed by atoms with van der Waals surface area (Å²) >= 11 is 0. The summed E-state index contributed by atoms with van der Waals surface area (Å²) in [5, 5.41) is 5.22. The Morgan fingerprint density at radius 1 is 1.08 bits per heavy atom. The van der Waals surface area contributed by atoms with Crippen LogP contribution in [-0.2, 0) is 6.42 Å². The summed E-state index contributed by atoms with van der Waals surface area (Å²) in [6, 6.07) is 14.2. The van der Waals surface area contributed by atoms with E-state index in [0.717, 1.165) is 12.0 Å². The molecule has 0 saturated carbocycles. The van der Waals surface area contributed by atoms with Crippen molar-refractivity contribution >= 4 is 16.7 Å². The van der Waals surface area contributed by atoms with Crippen molar-refractivity contribution < 1.29 is 9.53 Å². The summed E-state index contributed by atoms with van der Waals surface area (Å²) in [4.78, 5) is 25.2. The maximum Gasteiger partial charge on any atom is 0.364 e. The van der Waals surface area contributed by atoms with Gasteiger partial charge in [-0.2, -0.15) is 5.10 Å². The number of ether oxygens (including phenoxy) is 1. The Bertz CT molecular complexity index is 972. The molecule has 0 atom stereocenters. The maximum absolute atomic E-state index is 12.7. The molecule has 25 heavy (non-hydrogen) atoms. The van der Waals surface area contributed by atoms with Crippen LogP contribution in [0.25, 0.3) is 10.8 Å². The Morgan fingerprint density at radius 2 is 1.72 bits per heavy atom. The highest BCUT2D eigenvalue weighted by Crippen LogP contribution is 2.18. The zero-order chi connectivity index (χ0) is 18.0. The molecule has 5 heteroatoms. The van der Waals surface area contributed by atoms with Crippen LogP contribution >= 0.6 is 0 Å². The number of aryl methyl sites for hydroxylation is 1. The first-order chi connectivity index (χ1) is 12.0. The summed E-state index contributed by atoms with van der Waals surface area (Å²) in [6.45, 7) is 5.76. The largest absolute Gasteiger partial charge is 0.422 e. The van der Waals surface area contributed by atoms with Gasteiger partial charge in [-0.05, 0) is 44.0 Å². The average Bonchev–Trinajstić information content (AvgIpc) is 2.62. The predicted octanol–water partition coefficient (Wildman–Crippen LogP) is 3.76. The van der Waals surface area contributed by atoms with Crippen LogP contribution in [0.3, 0.4) is 0 Å². The van der Waals surface area contributed by atoms with Gasteiger partial charge < -0.3 is 4.74 Å². The third kappa shape index (κ3) is 3.31. The van der Waals surface area contributed by atoms with Gasteiger partial charge in [0.2, 0.25) is 0 Å². The Labute approximate surface area is 145 Å². The zero-order valence-corrected chi connectivity index (χ0v) is 14.5. The monoisotopic (exact) mass is 336 g/mol. The lowest BCUT2D eigenvalue weighted by atomic mass is 10.1. The van der Waals surface area contributed by atoms with Gasteiger partial charge >= 0.3 is 5.97 Å². The third-order valence-corrected chi connectivity index (χ3v) is 4.05. The molecule has 0 spiro atoms. The van der Waals surface area contributed by atoms with Crippen LogP contribution in [0.2, 0.25) is 0 Å².